The molecule has 1 nitrogen and oxygen atoms in total. The van der Waals surface area contributed by atoms with Crippen molar-refractivity contribution < 1.29 is 0 Å². The fourth-order valence-corrected chi connectivity index (χ4v) is 12.7. The van der Waals surface area contributed by atoms with Gasteiger partial charge in [0, 0.05) is 0 Å². The van der Waals surface area contributed by atoms with E-state index in [1.807, 2.05) is 6.20 Å². The van der Waals surface area contributed by atoms with Crippen molar-refractivity contribution in [2.45, 2.75) is 46.2 Å². The van der Waals surface area contributed by atoms with E-state index < -0.39 is 8.07 Å². The van der Waals surface area contributed by atoms with Crippen molar-refractivity contribution in [1.82, 2.24) is 4.98 Å². The van der Waals surface area contributed by atoms with Gasteiger partial charge in [-0.2, -0.15) is 0 Å². The van der Waals surface area contributed by atoms with E-state index in [1.54, 1.807) is 4.06 Å². The molecule has 166 valence electrons. The van der Waals surface area contributed by atoms with E-state index in [-0.39, 0.29) is 5.41 Å². The van der Waals surface area contributed by atoms with Gasteiger partial charge >= 0.3 is 205 Å². The maximum atomic E-state index is 4.98. The van der Waals surface area contributed by atoms with Crippen molar-refractivity contribution in [1.29, 1.82) is 0 Å². The van der Waals surface area contributed by atoms with Gasteiger partial charge in [-0.3, -0.25) is 0 Å². The Labute approximate surface area is 204 Å². The molecule has 0 bridgehead atoms. The Hall–Kier alpha value is -2.45. The van der Waals surface area contributed by atoms with Crippen LogP contribution in [-0.4, -0.2) is 27.6 Å². The summed E-state index contributed by atoms with van der Waals surface area (Å²) in [6.07, 6.45) is 2.01. The molecule has 33 heavy (non-hydrogen) atoms. The molecule has 0 N–H and O–H groups in total. The summed E-state index contributed by atoms with van der Waals surface area (Å²) in [5, 5.41) is 5.58. The Morgan fingerprint density at radius 1 is 0.818 bits per heavy atom. The Morgan fingerprint density at radius 2 is 1.52 bits per heavy atom. The van der Waals surface area contributed by atoms with Gasteiger partial charge in [-0.05, 0) is 0 Å². The topological polar surface area (TPSA) is 12.9 Å². The van der Waals surface area contributed by atoms with Gasteiger partial charge < -0.3 is 0 Å². The molecule has 5 aromatic rings. The molecule has 0 saturated heterocycles. The van der Waals surface area contributed by atoms with Crippen molar-refractivity contribution in [3.05, 3.63) is 90.1 Å². The Morgan fingerprint density at radius 3 is 2.24 bits per heavy atom. The van der Waals surface area contributed by atoms with E-state index in [1.165, 1.54) is 48.0 Å². The number of benzene rings is 3. The van der Waals surface area contributed by atoms with Crippen LogP contribution in [0.15, 0.2) is 79.0 Å². The molecule has 0 saturated carbocycles. The predicted octanol–water partition coefficient (Wildman–Crippen LogP) is 6.54. The fourth-order valence-electron chi connectivity index (χ4n) is 5.00. The quantitative estimate of drug-likeness (QED) is 0.250. The maximum absolute atomic E-state index is 4.98. The average molecular weight is 513 g/mol. The second-order valence-electron chi connectivity index (χ2n) is 10.6. The predicted molar refractivity (Wildman–Crippen MR) is 148 cm³/mol. The molecule has 0 aliphatic heterocycles. The summed E-state index contributed by atoms with van der Waals surface area (Å²) >= 11 is 0.294. The first-order valence-electron chi connectivity index (χ1n) is 11.7. The summed E-state index contributed by atoms with van der Waals surface area (Å²) in [5.41, 5.74) is 5.39. The van der Waals surface area contributed by atoms with Gasteiger partial charge in [0.15, 0.2) is 0 Å². The number of aromatic nitrogens is 1. The Bertz CT molecular complexity index is 1470. The van der Waals surface area contributed by atoms with Crippen LogP contribution in [0.1, 0.15) is 31.9 Å². The number of hydrogen-bond acceptors (Lipinski definition) is 1. The van der Waals surface area contributed by atoms with E-state index in [4.69, 9.17) is 4.98 Å². The molecule has 2 aromatic heterocycles. The first-order chi connectivity index (χ1) is 15.7. The second kappa shape index (κ2) is 8.09. The molecule has 0 fully saturated rings. The summed E-state index contributed by atoms with van der Waals surface area (Å²) < 4.78 is 3.16. The van der Waals surface area contributed by atoms with Gasteiger partial charge in [-0.15, -0.1) is 0 Å². The zero-order valence-corrected chi connectivity index (χ0v) is 23.1. The van der Waals surface area contributed by atoms with Crippen LogP contribution in [-0.2, 0) is 5.41 Å². The summed E-state index contributed by atoms with van der Waals surface area (Å²) in [6.45, 7) is 14.3. The van der Waals surface area contributed by atoms with Crippen molar-refractivity contribution in [3.8, 4) is 11.3 Å². The number of hydrogen-bond donors (Lipinski definition) is 0. The van der Waals surface area contributed by atoms with Crippen molar-refractivity contribution in [3.63, 3.8) is 0 Å². The summed E-state index contributed by atoms with van der Waals surface area (Å²) in [6, 6.07) is 26.9. The molecule has 5 rings (SSSR count). The second-order valence-corrected chi connectivity index (χ2v) is 17.9. The molecular weight excluding hydrogens is 481 g/mol. The number of pyridine rings is 1. The zero-order valence-electron chi connectivity index (χ0n) is 20.4. The fraction of sp³-hybridized carbons (Fsp3) is 0.233. The van der Waals surface area contributed by atoms with Crippen LogP contribution in [0.2, 0.25) is 13.1 Å². The van der Waals surface area contributed by atoms with E-state index >= 15 is 0 Å². The normalized spacial score (nSPS) is 12.5. The third kappa shape index (κ3) is 3.83. The van der Waals surface area contributed by atoms with Gasteiger partial charge in [0.1, 0.15) is 0 Å². The van der Waals surface area contributed by atoms with E-state index in [2.05, 4.69) is 114 Å². The van der Waals surface area contributed by atoms with Gasteiger partial charge in [-0.1, -0.05) is 0 Å². The number of nitrogens with zero attached hydrogens (tertiary/aromatic N) is 1. The molecule has 0 amide bonds. The van der Waals surface area contributed by atoms with Gasteiger partial charge in [-0.25, -0.2) is 0 Å². The first kappa shape index (κ1) is 22.3. The molecule has 0 atom stereocenters. The third-order valence-corrected chi connectivity index (χ3v) is 16.3. The molecule has 3 aromatic carbocycles. The van der Waals surface area contributed by atoms with Crippen molar-refractivity contribution in [2.24, 2.45) is 0 Å². The average Bonchev–Trinajstić information content (AvgIpc) is 3.16. The molecule has 2 heterocycles. The van der Waals surface area contributed by atoms with Gasteiger partial charge in [0.05, 0.1) is 0 Å². The van der Waals surface area contributed by atoms with Crippen molar-refractivity contribution >= 4 is 52.2 Å². The van der Waals surface area contributed by atoms with Crippen LogP contribution >= 0.6 is 0 Å². The SMILES string of the molecule is Cc1c([Si](C)(C)c2ccccc2)[se]c2c(-c3cc(C(C)(C)C)c4ccccc4c3)nccc12. The number of rotatable bonds is 3. The van der Waals surface area contributed by atoms with Crippen LogP contribution < -0.4 is 9.25 Å². The molecule has 0 radical (unpaired) electrons. The molecule has 0 aliphatic rings. The van der Waals surface area contributed by atoms with E-state index in [0.717, 1.165) is 0 Å². The molecule has 0 spiro atoms. The van der Waals surface area contributed by atoms with Gasteiger partial charge in [0.25, 0.3) is 0 Å². The zero-order chi connectivity index (χ0) is 23.4. The van der Waals surface area contributed by atoms with Crippen LogP contribution in [0.3, 0.4) is 0 Å². The molecule has 0 unspecified atom stereocenters. The Kier molecular flexibility index (Phi) is 5.48. The number of aryl methyl sites for hydroxylation is 1. The minimum absolute atomic E-state index is 0.0697. The van der Waals surface area contributed by atoms with E-state index in [0.29, 0.717) is 14.5 Å². The van der Waals surface area contributed by atoms with Crippen LogP contribution in [0.25, 0.3) is 31.7 Å². The summed E-state index contributed by atoms with van der Waals surface area (Å²) in [4.78, 5) is 4.98. The monoisotopic (exact) mass is 513 g/mol. The number of fused-ring (bicyclic) bond motifs is 2. The van der Waals surface area contributed by atoms with Gasteiger partial charge in [0.2, 0.25) is 0 Å². The Balaban J connectivity index is 1.76. The standard InChI is InChI=1S/C30H31NSeSi/c1-20-24-16-17-31-27(28(24)32-29(20)33(5,6)23-13-8-7-9-14-23)22-18-21-12-10-11-15-25(21)26(19-22)30(2,3)4/h7-19H,1-6H3. The van der Waals surface area contributed by atoms with E-state index in [9.17, 15) is 0 Å². The summed E-state index contributed by atoms with van der Waals surface area (Å²) in [5.74, 6) is 0. The first-order valence-corrected chi connectivity index (χ1v) is 16.4. The van der Waals surface area contributed by atoms with Crippen LogP contribution in [0.4, 0.5) is 0 Å². The van der Waals surface area contributed by atoms with Crippen LogP contribution in [0, 0.1) is 6.92 Å². The van der Waals surface area contributed by atoms with Crippen molar-refractivity contribution in [2.75, 3.05) is 0 Å². The third-order valence-electron chi connectivity index (χ3n) is 6.86. The van der Waals surface area contributed by atoms with Crippen LogP contribution in [0.5, 0.6) is 0 Å². The molecule has 3 heteroatoms. The summed E-state index contributed by atoms with van der Waals surface area (Å²) in [7, 11) is -1.74. The molecule has 0 aliphatic carbocycles. The molecular formula is C30H31NSeSi. The minimum atomic E-state index is -1.74.